The number of hydrogen-bond donors (Lipinski definition) is 0. The summed E-state index contributed by atoms with van der Waals surface area (Å²) in [6.07, 6.45) is 0. The number of carbonyl (C=O) groups is 1. The number of hydrogen-bond acceptors (Lipinski definition) is 4. The molecule has 1 unspecified atom stereocenters. The first-order valence-electron chi connectivity index (χ1n) is 9.29. The quantitative estimate of drug-likeness (QED) is 0.380. The van der Waals surface area contributed by atoms with Crippen molar-refractivity contribution in [2.24, 2.45) is 0 Å². The Labute approximate surface area is 174 Å². The summed E-state index contributed by atoms with van der Waals surface area (Å²) in [5.41, 5.74) is 2.90. The Kier molecular flexibility index (Phi) is 6.88. The highest BCUT2D eigenvalue weighted by Gasteiger charge is 2.16. The largest absolute Gasteiger partial charge is 0.489 e. The van der Waals surface area contributed by atoms with Crippen molar-refractivity contribution in [1.82, 2.24) is 9.78 Å². The fraction of sp³-hybridized carbons (Fsp3) is 0.273. The molecule has 0 saturated heterocycles. The van der Waals surface area contributed by atoms with E-state index in [-0.39, 0.29) is 16.9 Å². The minimum atomic E-state index is -0.442. The van der Waals surface area contributed by atoms with Crippen LogP contribution in [0.2, 0.25) is 0 Å². The first kappa shape index (κ1) is 20.9. The van der Waals surface area contributed by atoms with Gasteiger partial charge in [0.25, 0.3) is 0 Å². The van der Waals surface area contributed by atoms with E-state index in [9.17, 15) is 9.18 Å². The molecule has 3 aromatic rings. The van der Waals surface area contributed by atoms with Crippen molar-refractivity contribution in [2.45, 2.75) is 32.4 Å². The molecule has 0 aliphatic carbocycles. The van der Waals surface area contributed by atoms with E-state index < -0.39 is 5.97 Å². The number of nitrogens with zero attached hydrogens (tertiary/aromatic N) is 2. The highest BCUT2D eigenvalue weighted by atomic mass is 35.5. The van der Waals surface area contributed by atoms with Gasteiger partial charge in [0, 0.05) is 5.69 Å². The fourth-order valence-electron chi connectivity index (χ4n) is 2.78. The van der Waals surface area contributed by atoms with Gasteiger partial charge >= 0.3 is 5.97 Å². The molecule has 0 bridgehead atoms. The normalized spacial score (nSPS) is 11.9. The second-order valence-corrected chi connectivity index (χ2v) is 7.05. The van der Waals surface area contributed by atoms with Gasteiger partial charge in [-0.2, -0.15) is 5.10 Å². The van der Waals surface area contributed by atoms with Gasteiger partial charge in [-0.05, 0) is 55.3 Å². The zero-order valence-corrected chi connectivity index (χ0v) is 17.0. The van der Waals surface area contributed by atoms with E-state index in [1.165, 1.54) is 12.1 Å². The monoisotopic (exact) mass is 416 g/mol. The predicted octanol–water partition coefficient (Wildman–Crippen LogP) is 5.07. The van der Waals surface area contributed by atoms with Gasteiger partial charge < -0.3 is 9.47 Å². The molecular weight excluding hydrogens is 395 g/mol. The molecule has 2 aromatic carbocycles. The maximum atomic E-state index is 12.9. The minimum absolute atomic E-state index is 0.270. The van der Waals surface area contributed by atoms with Crippen molar-refractivity contribution in [3.05, 3.63) is 82.9 Å². The first-order chi connectivity index (χ1) is 14.0. The van der Waals surface area contributed by atoms with Crippen LogP contribution in [0.1, 0.15) is 39.6 Å². The Hall–Kier alpha value is -2.86. The summed E-state index contributed by atoms with van der Waals surface area (Å²) >= 11 is 6.55. The number of alkyl halides is 1. The van der Waals surface area contributed by atoms with Gasteiger partial charge in [0.15, 0.2) is 5.69 Å². The average Bonchev–Trinajstić information content (AvgIpc) is 3.08. The van der Waals surface area contributed by atoms with Crippen LogP contribution in [0.15, 0.2) is 54.6 Å². The molecule has 5 nitrogen and oxygen atoms in total. The lowest BCUT2D eigenvalue weighted by Crippen LogP contribution is -2.10. The van der Waals surface area contributed by atoms with E-state index in [2.05, 4.69) is 5.10 Å². The smallest absolute Gasteiger partial charge is 0.358 e. The SMILES string of the molecule is CCOC(=O)c1cc(C)n(CC(Cl)c2ccc(OCc3ccc(F)cc3)cc2)n1. The van der Waals surface area contributed by atoms with Crippen LogP contribution in [0.3, 0.4) is 0 Å². The Morgan fingerprint density at radius 3 is 2.52 bits per heavy atom. The number of halogens is 2. The summed E-state index contributed by atoms with van der Waals surface area (Å²) in [4.78, 5) is 11.8. The van der Waals surface area contributed by atoms with Crippen LogP contribution in [-0.2, 0) is 17.9 Å². The number of carbonyl (C=O) groups excluding carboxylic acids is 1. The summed E-state index contributed by atoms with van der Waals surface area (Å²) in [7, 11) is 0. The van der Waals surface area contributed by atoms with E-state index in [0.29, 0.717) is 25.5 Å². The summed E-state index contributed by atoms with van der Waals surface area (Å²) < 4.78 is 25.3. The third-order valence-corrected chi connectivity index (χ3v) is 4.75. The van der Waals surface area contributed by atoms with E-state index in [4.69, 9.17) is 21.1 Å². The van der Waals surface area contributed by atoms with Gasteiger partial charge in [-0.25, -0.2) is 9.18 Å². The predicted molar refractivity (Wildman–Crippen MR) is 109 cm³/mol. The van der Waals surface area contributed by atoms with Gasteiger partial charge in [-0.1, -0.05) is 24.3 Å². The van der Waals surface area contributed by atoms with Gasteiger partial charge in [0.2, 0.25) is 0 Å². The van der Waals surface area contributed by atoms with Crippen LogP contribution in [0.4, 0.5) is 4.39 Å². The molecular formula is C22H22ClFN2O3. The van der Waals surface area contributed by atoms with Crippen molar-refractivity contribution in [2.75, 3.05) is 6.61 Å². The Morgan fingerprint density at radius 2 is 1.86 bits per heavy atom. The molecule has 29 heavy (non-hydrogen) atoms. The number of ether oxygens (including phenoxy) is 2. The molecule has 0 radical (unpaired) electrons. The molecule has 0 saturated carbocycles. The summed E-state index contributed by atoms with van der Waals surface area (Å²) in [5, 5.41) is 3.96. The molecule has 1 aromatic heterocycles. The summed E-state index contributed by atoms with van der Waals surface area (Å²) in [6.45, 7) is 4.70. The molecule has 152 valence electrons. The highest BCUT2D eigenvalue weighted by Crippen LogP contribution is 2.25. The van der Waals surface area contributed by atoms with Gasteiger partial charge in [0.1, 0.15) is 18.2 Å². The third kappa shape index (κ3) is 5.57. The molecule has 7 heteroatoms. The van der Waals surface area contributed by atoms with Crippen molar-refractivity contribution < 1.29 is 18.7 Å². The molecule has 0 fully saturated rings. The van der Waals surface area contributed by atoms with E-state index in [1.54, 1.807) is 29.8 Å². The third-order valence-electron chi connectivity index (χ3n) is 4.36. The maximum Gasteiger partial charge on any atom is 0.358 e. The molecule has 3 rings (SSSR count). The average molecular weight is 417 g/mol. The van der Waals surface area contributed by atoms with E-state index in [0.717, 1.165) is 16.8 Å². The zero-order chi connectivity index (χ0) is 20.8. The molecule has 1 heterocycles. The second-order valence-electron chi connectivity index (χ2n) is 6.53. The second kappa shape index (κ2) is 9.56. The van der Waals surface area contributed by atoms with Gasteiger partial charge in [-0.3, -0.25) is 4.68 Å². The lowest BCUT2D eigenvalue weighted by molar-refractivity contribution is 0.0518. The minimum Gasteiger partial charge on any atom is -0.489 e. The van der Waals surface area contributed by atoms with Crippen molar-refractivity contribution >= 4 is 17.6 Å². The lowest BCUT2D eigenvalue weighted by Gasteiger charge is -2.13. The van der Waals surface area contributed by atoms with Gasteiger partial charge in [-0.15, -0.1) is 11.6 Å². The molecule has 0 aliphatic heterocycles. The Bertz CT molecular complexity index is 955. The number of esters is 1. The summed E-state index contributed by atoms with van der Waals surface area (Å²) in [5.74, 6) is -0.0158. The number of rotatable bonds is 8. The molecule has 0 aliphatic rings. The van der Waals surface area contributed by atoms with Crippen molar-refractivity contribution in [3.8, 4) is 5.75 Å². The highest BCUT2D eigenvalue weighted by molar-refractivity contribution is 6.20. The topological polar surface area (TPSA) is 53.4 Å². The molecule has 0 spiro atoms. The maximum absolute atomic E-state index is 12.9. The fourth-order valence-corrected chi connectivity index (χ4v) is 3.05. The molecule has 1 atom stereocenters. The number of aromatic nitrogens is 2. The lowest BCUT2D eigenvalue weighted by atomic mass is 10.1. The first-order valence-corrected chi connectivity index (χ1v) is 9.72. The van der Waals surface area contributed by atoms with Crippen molar-refractivity contribution in [1.29, 1.82) is 0 Å². The van der Waals surface area contributed by atoms with E-state index in [1.807, 2.05) is 31.2 Å². The molecule has 0 amide bonds. The van der Waals surface area contributed by atoms with Crippen molar-refractivity contribution in [3.63, 3.8) is 0 Å². The molecule has 0 N–H and O–H groups in total. The van der Waals surface area contributed by atoms with Crippen LogP contribution in [-0.4, -0.2) is 22.4 Å². The Balaban J connectivity index is 1.59. The summed E-state index contributed by atoms with van der Waals surface area (Å²) in [6, 6.07) is 15.3. The van der Waals surface area contributed by atoms with Crippen LogP contribution in [0.5, 0.6) is 5.75 Å². The van der Waals surface area contributed by atoms with Gasteiger partial charge in [0.05, 0.1) is 18.5 Å². The van der Waals surface area contributed by atoms with Crippen LogP contribution < -0.4 is 4.74 Å². The van der Waals surface area contributed by atoms with E-state index >= 15 is 0 Å². The van der Waals surface area contributed by atoms with Crippen LogP contribution in [0, 0.1) is 12.7 Å². The zero-order valence-electron chi connectivity index (χ0n) is 16.3. The Morgan fingerprint density at radius 1 is 1.17 bits per heavy atom. The number of benzene rings is 2. The van der Waals surface area contributed by atoms with Crippen LogP contribution in [0.25, 0.3) is 0 Å². The van der Waals surface area contributed by atoms with Crippen LogP contribution >= 0.6 is 11.6 Å². The standard InChI is InChI=1S/C22H22ClFN2O3/c1-3-28-22(27)21-12-15(2)26(25-21)13-20(23)17-6-10-19(11-7-17)29-14-16-4-8-18(24)9-5-16/h4-12,20H,3,13-14H2,1-2H3. The number of aryl methyl sites for hydroxylation is 1.